The van der Waals surface area contributed by atoms with Crippen molar-refractivity contribution in [1.29, 1.82) is 0 Å². The van der Waals surface area contributed by atoms with Crippen LogP contribution in [0.2, 0.25) is 0 Å². The summed E-state index contributed by atoms with van der Waals surface area (Å²) in [6.45, 7) is 8.16. The highest BCUT2D eigenvalue weighted by molar-refractivity contribution is 7.13. The number of aryl methyl sites for hydroxylation is 1. The molecule has 0 radical (unpaired) electrons. The van der Waals surface area contributed by atoms with E-state index in [1.807, 2.05) is 0 Å². The molecule has 0 aromatic carbocycles. The highest BCUT2D eigenvalue weighted by Crippen LogP contribution is 2.34. The van der Waals surface area contributed by atoms with Crippen LogP contribution < -0.4 is 0 Å². The van der Waals surface area contributed by atoms with E-state index in [0.717, 1.165) is 5.01 Å². The van der Waals surface area contributed by atoms with E-state index in [-0.39, 0.29) is 23.9 Å². The molecule has 1 fully saturated rings. The van der Waals surface area contributed by atoms with Crippen molar-refractivity contribution in [3.8, 4) is 0 Å². The minimum atomic E-state index is -0.592. The summed E-state index contributed by atoms with van der Waals surface area (Å²) in [5, 5.41) is 14.7. The molecule has 2 aromatic heterocycles. The number of carbonyl (C=O) groups excluding carboxylic acids is 1. The number of rotatable bonds is 2. The lowest BCUT2D eigenvalue weighted by Gasteiger charge is -2.20. The Morgan fingerprint density at radius 3 is 2.78 bits per heavy atom. The van der Waals surface area contributed by atoms with Crippen LogP contribution in [-0.4, -0.2) is 43.7 Å². The monoisotopic (exact) mass is 336 g/mol. The number of β-amino-alcohol motifs (C(OH)–C–C–N with tert-alkyl or cyclic N) is 1. The molecule has 2 atom stereocenters. The molecule has 0 unspecified atom stereocenters. The molecule has 1 amide bonds. The standard InChI is InChI=1S/C15H20N4O3S/c1-8-17-12(22-18-8)10-5-9(20)7-19(10)13(21)11-6-16-14(23-11)15(2,3)4/h6,9-10,20H,5,7H2,1-4H3/t9-,10-/m1/s1. The summed E-state index contributed by atoms with van der Waals surface area (Å²) in [5.41, 5.74) is -0.100. The number of likely N-dealkylation sites (tertiary alicyclic amines) is 1. The van der Waals surface area contributed by atoms with Crippen LogP contribution in [0.3, 0.4) is 0 Å². The maximum absolute atomic E-state index is 12.8. The van der Waals surface area contributed by atoms with Gasteiger partial charge < -0.3 is 14.5 Å². The van der Waals surface area contributed by atoms with Crippen LogP contribution in [-0.2, 0) is 5.41 Å². The van der Waals surface area contributed by atoms with Crippen molar-refractivity contribution < 1.29 is 14.4 Å². The summed E-state index contributed by atoms with van der Waals surface area (Å²) in [7, 11) is 0. The molecule has 2 aromatic rings. The maximum Gasteiger partial charge on any atom is 0.266 e. The van der Waals surface area contributed by atoms with Gasteiger partial charge >= 0.3 is 0 Å². The van der Waals surface area contributed by atoms with E-state index in [2.05, 4.69) is 35.9 Å². The van der Waals surface area contributed by atoms with Crippen molar-refractivity contribution in [2.24, 2.45) is 0 Å². The van der Waals surface area contributed by atoms with Crippen LogP contribution in [0.4, 0.5) is 0 Å². The second-order valence-electron chi connectivity index (χ2n) is 6.82. The molecule has 0 spiro atoms. The Hall–Kier alpha value is -1.80. The fraction of sp³-hybridized carbons (Fsp3) is 0.600. The van der Waals surface area contributed by atoms with Gasteiger partial charge in [-0.05, 0) is 6.92 Å². The molecule has 1 aliphatic rings. The van der Waals surface area contributed by atoms with Gasteiger partial charge in [0.2, 0.25) is 5.89 Å². The first kappa shape index (κ1) is 16.1. The lowest BCUT2D eigenvalue weighted by atomic mass is 9.98. The number of thiazole rings is 1. The van der Waals surface area contributed by atoms with Crippen molar-refractivity contribution in [1.82, 2.24) is 20.0 Å². The lowest BCUT2D eigenvalue weighted by molar-refractivity contribution is 0.0698. The number of hydrogen-bond acceptors (Lipinski definition) is 7. The molecule has 23 heavy (non-hydrogen) atoms. The summed E-state index contributed by atoms with van der Waals surface area (Å²) in [6, 6.07) is -0.390. The molecule has 0 bridgehead atoms. The molecule has 124 valence electrons. The third-order valence-electron chi connectivity index (χ3n) is 3.73. The molecule has 3 heterocycles. The smallest absolute Gasteiger partial charge is 0.266 e. The Kier molecular flexibility index (Phi) is 3.97. The molecule has 8 heteroatoms. The van der Waals surface area contributed by atoms with Crippen LogP contribution >= 0.6 is 11.3 Å². The zero-order valence-corrected chi connectivity index (χ0v) is 14.4. The summed E-state index contributed by atoms with van der Waals surface area (Å²) in [6.07, 6.45) is 1.42. The van der Waals surface area contributed by atoms with Gasteiger partial charge in [0, 0.05) is 18.4 Å². The van der Waals surface area contributed by atoms with E-state index in [9.17, 15) is 9.90 Å². The van der Waals surface area contributed by atoms with Crippen molar-refractivity contribution in [3.63, 3.8) is 0 Å². The van der Waals surface area contributed by atoms with Crippen LogP contribution in [0, 0.1) is 6.92 Å². The van der Waals surface area contributed by atoms with Gasteiger partial charge in [-0.25, -0.2) is 4.98 Å². The van der Waals surface area contributed by atoms with E-state index in [1.165, 1.54) is 11.3 Å². The van der Waals surface area contributed by atoms with Crippen LogP contribution in [0.25, 0.3) is 0 Å². The van der Waals surface area contributed by atoms with Gasteiger partial charge in [-0.3, -0.25) is 4.79 Å². The summed E-state index contributed by atoms with van der Waals surface area (Å²) < 4.78 is 5.19. The number of aliphatic hydroxyl groups is 1. The summed E-state index contributed by atoms with van der Waals surface area (Å²) in [5.74, 6) is 0.727. The summed E-state index contributed by atoms with van der Waals surface area (Å²) in [4.78, 5) is 23.5. The second-order valence-corrected chi connectivity index (χ2v) is 7.85. The highest BCUT2D eigenvalue weighted by atomic mass is 32.1. The first-order valence-electron chi connectivity index (χ1n) is 7.51. The van der Waals surface area contributed by atoms with Crippen LogP contribution in [0.15, 0.2) is 10.7 Å². The van der Waals surface area contributed by atoms with E-state index >= 15 is 0 Å². The Labute approximate surface area is 138 Å². The van der Waals surface area contributed by atoms with Gasteiger partial charge in [0.05, 0.1) is 17.3 Å². The van der Waals surface area contributed by atoms with E-state index in [0.29, 0.717) is 23.0 Å². The zero-order chi connectivity index (χ0) is 16.8. The van der Waals surface area contributed by atoms with Gasteiger partial charge in [0.15, 0.2) is 5.82 Å². The fourth-order valence-corrected chi connectivity index (χ4v) is 3.51. The zero-order valence-electron chi connectivity index (χ0n) is 13.6. The first-order chi connectivity index (χ1) is 10.8. The average Bonchev–Trinajstić information content (AvgIpc) is 3.15. The third kappa shape index (κ3) is 3.13. The molecule has 1 aliphatic heterocycles. The predicted octanol–water partition coefficient (Wildman–Crippen LogP) is 2.08. The van der Waals surface area contributed by atoms with Gasteiger partial charge in [-0.1, -0.05) is 25.9 Å². The van der Waals surface area contributed by atoms with Gasteiger partial charge in [-0.15, -0.1) is 11.3 Å². The van der Waals surface area contributed by atoms with Crippen molar-refractivity contribution in [2.45, 2.75) is 51.7 Å². The minimum absolute atomic E-state index is 0.100. The number of aromatic nitrogens is 3. The molecule has 7 nitrogen and oxygen atoms in total. The van der Waals surface area contributed by atoms with Crippen molar-refractivity contribution in [2.75, 3.05) is 6.54 Å². The van der Waals surface area contributed by atoms with Gasteiger partial charge in [0.1, 0.15) is 10.9 Å². The predicted molar refractivity (Wildman–Crippen MR) is 84.3 cm³/mol. The van der Waals surface area contributed by atoms with E-state index in [4.69, 9.17) is 4.52 Å². The quantitative estimate of drug-likeness (QED) is 0.902. The minimum Gasteiger partial charge on any atom is -0.391 e. The highest BCUT2D eigenvalue weighted by Gasteiger charge is 2.39. The Bertz CT molecular complexity index is 718. The number of hydrogen-bond donors (Lipinski definition) is 1. The summed E-state index contributed by atoms with van der Waals surface area (Å²) >= 11 is 1.39. The Morgan fingerprint density at radius 1 is 1.48 bits per heavy atom. The molecular formula is C15H20N4O3S. The molecule has 1 saturated heterocycles. The van der Waals surface area contributed by atoms with E-state index < -0.39 is 6.10 Å². The van der Waals surface area contributed by atoms with Crippen molar-refractivity contribution >= 4 is 17.2 Å². The second kappa shape index (κ2) is 5.68. The number of nitrogens with zero attached hydrogens (tertiary/aromatic N) is 4. The molecular weight excluding hydrogens is 316 g/mol. The normalized spacial score (nSPS) is 21.9. The average molecular weight is 336 g/mol. The number of aliphatic hydroxyl groups excluding tert-OH is 1. The molecule has 3 rings (SSSR count). The maximum atomic E-state index is 12.8. The first-order valence-corrected chi connectivity index (χ1v) is 8.33. The molecule has 0 aliphatic carbocycles. The Balaban J connectivity index is 1.86. The van der Waals surface area contributed by atoms with Crippen LogP contribution in [0.1, 0.15) is 59.6 Å². The topological polar surface area (TPSA) is 92.4 Å². The SMILES string of the molecule is Cc1noc([C@H]2C[C@@H](O)CN2C(=O)c2cnc(C(C)(C)C)s2)n1. The Morgan fingerprint density at radius 2 is 2.22 bits per heavy atom. The molecule has 1 N–H and O–H groups in total. The van der Waals surface area contributed by atoms with E-state index in [1.54, 1.807) is 18.0 Å². The van der Waals surface area contributed by atoms with Crippen molar-refractivity contribution in [3.05, 3.63) is 27.8 Å². The molecule has 0 saturated carbocycles. The van der Waals surface area contributed by atoms with Gasteiger partial charge in [-0.2, -0.15) is 4.98 Å². The van der Waals surface area contributed by atoms with Crippen LogP contribution in [0.5, 0.6) is 0 Å². The lowest BCUT2D eigenvalue weighted by Crippen LogP contribution is -2.31. The largest absolute Gasteiger partial charge is 0.391 e. The number of carbonyl (C=O) groups is 1. The third-order valence-corrected chi connectivity index (χ3v) is 5.14. The number of amides is 1. The fourth-order valence-electron chi connectivity index (χ4n) is 2.58. The van der Waals surface area contributed by atoms with Gasteiger partial charge in [0.25, 0.3) is 5.91 Å².